The normalized spacial score (nSPS) is 23.8. The molecular weight excluding hydrogens is 160 g/mol. The fourth-order valence-corrected chi connectivity index (χ4v) is 2.15. The van der Waals surface area contributed by atoms with Crippen LogP contribution in [0.3, 0.4) is 0 Å². The first-order valence-corrected chi connectivity index (χ1v) is 5.31. The van der Waals surface area contributed by atoms with Crippen LogP contribution in [0.2, 0.25) is 0 Å². The van der Waals surface area contributed by atoms with E-state index in [0.717, 1.165) is 31.3 Å². The summed E-state index contributed by atoms with van der Waals surface area (Å²) in [5.74, 6) is 0.374. The largest absolute Gasteiger partial charge is 0.294 e. The number of carbonyl (C=O) groups excluding carboxylic acids is 1. The molecule has 0 unspecified atom stereocenters. The van der Waals surface area contributed by atoms with Crippen molar-refractivity contribution < 1.29 is 4.79 Å². The van der Waals surface area contributed by atoms with Gasteiger partial charge in [-0.1, -0.05) is 12.2 Å². The van der Waals surface area contributed by atoms with Crippen LogP contribution in [0.15, 0.2) is 23.3 Å². The van der Waals surface area contributed by atoms with Gasteiger partial charge >= 0.3 is 0 Å². The molecule has 0 atom stereocenters. The second kappa shape index (κ2) is 3.91. The van der Waals surface area contributed by atoms with Crippen molar-refractivity contribution >= 4 is 5.78 Å². The van der Waals surface area contributed by atoms with E-state index in [-0.39, 0.29) is 0 Å². The lowest BCUT2D eigenvalue weighted by atomic mass is 9.86. The zero-order chi connectivity index (χ0) is 9.10. The number of hydrogen-bond acceptors (Lipinski definition) is 1. The summed E-state index contributed by atoms with van der Waals surface area (Å²) in [6.07, 6.45) is 12.2. The minimum Gasteiger partial charge on any atom is -0.294 e. The Balaban J connectivity index is 2.18. The molecule has 0 N–H and O–H groups in total. The van der Waals surface area contributed by atoms with Crippen molar-refractivity contribution in [1.82, 2.24) is 0 Å². The zero-order valence-electron chi connectivity index (χ0n) is 8.01. The Morgan fingerprint density at radius 1 is 0.923 bits per heavy atom. The predicted octanol–water partition coefficient (Wildman–Crippen LogP) is 3.17. The van der Waals surface area contributed by atoms with E-state index in [0.29, 0.717) is 5.78 Å². The molecule has 0 bridgehead atoms. The smallest absolute Gasteiger partial charge is 0.162 e. The molecular formula is C12H16O. The molecule has 2 aliphatic rings. The highest BCUT2D eigenvalue weighted by Crippen LogP contribution is 2.28. The van der Waals surface area contributed by atoms with Gasteiger partial charge < -0.3 is 0 Å². The minimum atomic E-state index is 0.374. The molecule has 0 spiro atoms. The molecule has 0 radical (unpaired) electrons. The highest BCUT2D eigenvalue weighted by atomic mass is 16.1. The second-order valence-corrected chi connectivity index (χ2v) is 3.91. The maximum Gasteiger partial charge on any atom is 0.162 e. The molecule has 0 amide bonds. The second-order valence-electron chi connectivity index (χ2n) is 3.91. The summed E-state index contributed by atoms with van der Waals surface area (Å²) in [6.45, 7) is 0. The van der Waals surface area contributed by atoms with Gasteiger partial charge in [-0.3, -0.25) is 4.79 Å². The Kier molecular flexibility index (Phi) is 2.62. The van der Waals surface area contributed by atoms with Gasteiger partial charge in [0.05, 0.1) is 0 Å². The molecule has 2 rings (SSSR count). The van der Waals surface area contributed by atoms with Crippen molar-refractivity contribution in [3.05, 3.63) is 23.3 Å². The molecule has 1 nitrogen and oxygen atoms in total. The standard InChI is InChI=1S/C12H16O/c13-12-9-5-4-8-11(12)10-6-2-1-3-7-10/h6,8H,1-5,7,9H2. The van der Waals surface area contributed by atoms with E-state index in [2.05, 4.69) is 12.2 Å². The molecule has 1 heteroatoms. The first-order valence-electron chi connectivity index (χ1n) is 5.31. The van der Waals surface area contributed by atoms with Crippen molar-refractivity contribution in [1.29, 1.82) is 0 Å². The Labute approximate surface area is 79.5 Å². The summed E-state index contributed by atoms with van der Waals surface area (Å²) in [4.78, 5) is 11.6. The van der Waals surface area contributed by atoms with Crippen LogP contribution in [0.1, 0.15) is 44.9 Å². The Morgan fingerprint density at radius 3 is 2.46 bits per heavy atom. The average molecular weight is 176 g/mol. The van der Waals surface area contributed by atoms with E-state index >= 15 is 0 Å². The third-order valence-corrected chi connectivity index (χ3v) is 2.89. The topological polar surface area (TPSA) is 17.1 Å². The number of rotatable bonds is 1. The van der Waals surface area contributed by atoms with Gasteiger partial charge in [-0.2, -0.15) is 0 Å². The van der Waals surface area contributed by atoms with Gasteiger partial charge in [-0.15, -0.1) is 0 Å². The molecule has 0 saturated carbocycles. The molecule has 70 valence electrons. The van der Waals surface area contributed by atoms with Gasteiger partial charge in [0.1, 0.15) is 0 Å². The lowest BCUT2D eigenvalue weighted by Crippen LogP contribution is -2.10. The van der Waals surface area contributed by atoms with Crippen molar-refractivity contribution in [2.24, 2.45) is 0 Å². The number of Topliss-reactive ketones (excluding diaryl/α,β-unsaturated/α-hetero) is 1. The van der Waals surface area contributed by atoms with Gasteiger partial charge in [-0.25, -0.2) is 0 Å². The fraction of sp³-hybridized carbons (Fsp3) is 0.583. The Morgan fingerprint density at radius 2 is 1.77 bits per heavy atom. The lowest BCUT2D eigenvalue weighted by molar-refractivity contribution is -0.115. The van der Waals surface area contributed by atoms with Crippen LogP contribution in [0.25, 0.3) is 0 Å². The van der Waals surface area contributed by atoms with E-state index in [4.69, 9.17) is 0 Å². The molecule has 0 heterocycles. The summed E-state index contributed by atoms with van der Waals surface area (Å²) >= 11 is 0. The Hall–Kier alpha value is -0.850. The van der Waals surface area contributed by atoms with Gasteiger partial charge in [0, 0.05) is 12.0 Å². The van der Waals surface area contributed by atoms with E-state index in [1.807, 2.05) is 0 Å². The van der Waals surface area contributed by atoms with Crippen LogP contribution in [0.5, 0.6) is 0 Å². The number of allylic oxidation sites excluding steroid dienone is 4. The molecule has 13 heavy (non-hydrogen) atoms. The molecule has 0 aliphatic heterocycles. The molecule has 0 fully saturated rings. The molecule has 2 aliphatic carbocycles. The van der Waals surface area contributed by atoms with Crippen LogP contribution >= 0.6 is 0 Å². The van der Waals surface area contributed by atoms with Crippen LogP contribution in [0, 0.1) is 0 Å². The monoisotopic (exact) mass is 176 g/mol. The lowest BCUT2D eigenvalue weighted by Gasteiger charge is -2.17. The first kappa shape index (κ1) is 8.74. The van der Waals surface area contributed by atoms with E-state index in [1.54, 1.807) is 0 Å². The maximum atomic E-state index is 11.6. The summed E-state index contributed by atoms with van der Waals surface area (Å²) in [6, 6.07) is 0. The number of carbonyl (C=O) groups is 1. The minimum absolute atomic E-state index is 0.374. The van der Waals surface area contributed by atoms with E-state index in [1.165, 1.54) is 24.8 Å². The highest BCUT2D eigenvalue weighted by molar-refractivity contribution is 6.00. The van der Waals surface area contributed by atoms with Gasteiger partial charge in [0.25, 0.3) is 0 Å². The van der Waals surface area contributed by atoms with Crippen molar-refractivity contribution in [3.63, 3.8) is 0 Å². The number of ketones is 1. The van der Waals surface area contributed by atoms with Crippen LogP contribution in [-0.4, -0.2) is 5.78 Å². The summed E-state index contributed by atoms with van der Waals surface area (Å²) in [5, 5.41) is 0. The number of hydrogen-bond donors (Lipinski definition) is 0. The van der Waals surface area contributed by atoms with Crippen LogP contribution in [-0.2, 0) is 4.79 Å². The zero-order valence-corrected chi connectivity index (χ0v) is 8.01. The predicted molar refractivity (Wildman–Crippen MR) is 53.5 cm³/mol. The van der Waals surface area contributed by atoms with E-state index < -0.39 is 0 Å². The van der Waals surface area contributed by atoms with Gasteiger partial charge in [-0.05, 0) is 44.1 Å². The molecule has 0 aromatic carbocycles. The van der Waals surface area contributed by atoms with Crippen LogP contribution < -0.4 is 0 Å². The average Bonchev–Trinajstić information content (AvgIpc) is 2.20. The third-order valence-electron chi connectivity index (χ3n) is 2.89. The fourth-order valence-electron chi connectivity index (χ4n) is 2.15. The SMILES string of the molecule is O=C1CCCC=C1C1=CCCCC1. The van der Waals surface area contributed by atoms with Gasteiger partial charge in [0.2, 0.25) is 0 Å². The highest BCUT2D eigenvalue weighted by Gasteiger charge is 2.17. The van der Waals surface area contributed by atoms with Crippen LogP contribution in [0.4, 0.5) is 0 Å². The molecule has 0 saturated heterocycles. The third kappa shape index (κ3) is 1.90. The van der Waals surface area contributed by atoms with E-state index in [9.17, 15) is 4.79 Å². The molecule has 0 aromatic rings. The quantitative estimate of drug-likeness (QED) is 0.599. The Bertz CT molecular complexity index is 271. The summed E-state index contributed by atoms with van der Waals surface area (Å²) < 4.78 is 0. The maximum absolute atomic E-state index is 11.6. The van der Waals surface area contributed by atoms with Gasteiger partial charge in [0.15, 0.2) is 5.78 Å². The van der Waals surface area contributed by atoms with Crippen molar-refractivity contribution in [3.8, 4) is 0 Å². The summed E-state index contributed by atoms with van der Waals surface area (Å²) in [5.41, 5.74) is 2.38. The first-order chi connectivity index (χ1) is 6.38. The molecule has 0 aromatic heterocycles. The van der Waals surface area contributed by atoms with Crippen molar-refractivity contribution in [2.45, 2.75) is 44.9 Å². The van der Waals surface area contributed by atoms with Crippen molar-refractivity contribution in [2.75, 3.05) is 0 Å². The summed E-state index contributed by atoms with van der Waals surface area (Å²) in [7, 11) is 0.